The molecule has 0 aliphatic carbocycles. The average molecular weight is 445 g/mol. The molecule has 1 aliphatic rings. The van der Waals surface area contributed by atoms with Gasteiger partial charge in [-0.3, -0.25) is 10.1 Å². The van der Waals surface area contributed by atoms with E-state index in [1.807, 2.05) is 42.5 Å². The molecule has 1 aliphatic heterocycles. The van der Waals surface area contributed by atoms with Crippen molar-refractivity contribution in [3.8, 4) is 0 Å². The minimum absolute atomic E-state index is 0.108. The molecule has 0 saturated carbocycles. The van der Waals surface area contributed by atoms with E-state index in [9.17, 15) is 9.59 Å². The summed E-state index contributed by atoms with van der Waals surface area (Å²) in [5, 5.41) is 9.39. The van der Waals surface area contributed by atoms with E-state index in [4.69, 9.17) is 22.1 Å². The standard InChI is InChI=1S/C23H29ClN4O3/c1-2-16-7-9-18(10-8-16)28-22(30)31-15-23(11-12-26-14-20(23)25)21(29)27-13-17-5-3-4-6-19(17)24/h3-10,20,26H,2,11-15,25H2,1H3,(H,27,29)(H,28,30). The molecule has 1 saturated heterocycles. The van der Waals surface area contributed by atoms with Crippen LogP contribution in [0.3, 0.4) is 0 Å². The van der Waals surface area contributed by atoms with Gasteiger partial charge in [0.1, 0.15) is 12.0 Å². The van der Waals surface area contributed by atoms with Crippen LogP contribution in [0.2, 0.25) is 5.02 Å². The molecule has 0 radical (unpaired) electrons. The van der Waals surface area contributed by atoms with E-state index in [-0.39, 0.29) is 19.1 Å². The zero-order valence-electron chi connectivity index (χ0n) is 17.6. The number of carbonyl (C=O) groups is 2. The molecule has 2 amide bonds. The number of anilines is 1. The first-order valence-corrected chi connectivity index (χ1v) is 10.8. The molecule has 7 nitrogen and oxygen atoms in total. The van der Waals surface area contributed by atoms with Gasteiger partial charge in [-0.05, 0) is 48.7 Å². The topological polar surface area (TPSA) is 105 Å². The van der Waals surface area contributed by atoms with Crippen LogP contribution in [0.4, 0.5) is 10.5 Å². The van der Waals surface area contributed by atoms with Gasteiger partial charge in [0.05, 0.1) is 0 Å². The Bertz CT molecular complexity index is 906. The van der Waals surface area contributed by atoms with Crippen molar-refractivity contribution in [3.63, 3.8) is 0 Å². The first-order valence-electron chi connectivity index (χ1n) is 10.5. The average Bonchev–Trinajstić information content (AvgIpc) is 2.78. The second-order valence-electron chi connectivity index (χ2n) is 7.74. The molecule has 1 heterocycles. The normalized spacial score (nSPS) is 20.7. The lowest BCUT2D eigenvalue weighted by molar-refractivity contribution is -0.136. The molecule has 3 rings (SSSR count). The molecule has 0 spiro atoms. The summed E-state index contributed by atoms with van der Waals surface area (Å²) in [5.41, 5.74) is 7.92. The van der Waals surface area contributed by atoms with Crippen molar-refractivity contribution in [1.29, 1.82) is 0 Å². The monoisotopic (exact) mass is 444 g/mol. The summed E-state index contributed by atoms with van der Waals surface area (Å²) in [6.07, 6.45) is 0.761. The molecular formula is C23H29ClN4O3. The highest BCUT2D eigenvalue weighted by atomic mass is 35.5. The molecule has 1 fully saturated rings. The lowest BCUT2D eigenvalue weighted by atomic mass is 9.75. The Morgan fingerprint density at radius 1 is 1.23 bits per heavy atom. The minimum Gasteiger partial charge on any atom is -0.448 e. The van der Waals surface area contributed by atoms with Crippen LogP contribution in [0.1, 0.15) is 24.5 Å². The lowest BCUT2D eigenvalue weighted by Gasteiger charge is -2.40. The van der Waals surface area contributed by atoms with E-state index in [2.05, 4.69) is 22.9 Å². The van der Waals surface area contributed by atoms with Crippen molar-refractivity contribution in [3.05, 3.63) is 64.7 Å². The Balaban J connectivity index is 1.64. The van der Waals surface area contributed by atoms with E-state index in [0.717, 1.165) is 12.0 Å². The number of amides is 2. The molecule has 2 aromatic rings. The van der Waals surface area contributed by atoms with Gasteiger partial charge in [0.15, 0.2) is 0 Å². The van der Waals surface area contributed by atoms with Gasteiger partial charge < -0.3 is 21.1 Å². The molecule has 31 heavy (non-hydrogen) atoms. The number of carbonyl (C=O) groups excluding carboxylic acids is 2. The van der Waals surface area contributed by atoms with E-state index in [1.54, 1.807) is 6.07 Å². The second-order valence-corrected chi connectivity index (χ2v) is 8.15. The van der Waals surface area contributed by atoms with Crippen LogP contribution in [0, 0.1) is 5.41 Å². The maximum Gasteiger partial charge on any atom is 0.411 e. The predicted molar refractivity (Wildman–Crippen MR) is 122 cm³/mol. The molecule has 2 unspecified atom stereocenters. The predicted octanol–water partition coefficient (Wildman–Crippen LogP) is 3.07. The van der Waals surface area contributed by atoms with E-state index < -0.39 is 17.6 Å². The third kappa shape index (κ3) is 5.76. The number of benzene rings is 2. The molecule has 8 heteroatoms. The smallest absolute Gasteiger partial charge is 0.411 e. The molecule has 0 bridgehead atoms. The van der Waals surface area contributed by atoms with Crippen LogP contribution >= 0.6 is 11.6 Å². The first-order chi connectivity index (χ1) is 14.9. The first kappa shape index (κ1) is 23.1. The largest absolute Gasteiger partial charge is 0.448 e. The fourth-order valence-corrected chi connectivity index (χ4v) is 3.84. The van der Waals surface area contributed by atoms with E-state index >= 15 is 0 Å². The number of hydrogen-bond donors (Lipinski definition) is 4. The number of piperidine rings is 1. The number of aryl methyl sites for hydroxylation is 1. The number of halogens is 1. The lowest BCUT2D eigenvalue weighted by Crippen LogP contribution is -2.62. The minimum atomic E-state index is -1.02. The van der Waals surface area contributed by atoms with Crippen molar-refractivity contribution >= 4 is 29.3 Å². The Hall–Kier alpha value is -2.61. The zero-order chi connectivity index (χ0) is 22.3. The third-order valence-electron chi connectivity index (χ3n) is 5.74. The summed E-state index contributed by atoms with van der Waals surface area (Å²) in [7, 11) is 0. The zero-order valence-corrected chi connectivity index (χ0v) is 18.4. The fourth-order valence-electron chi connectivity index (χ4n) is 3.64. The Kier molecular flexibility index (Phi) is 7.90. The third-order valence-corrected chi connectivity index (χ3v) is 6.11. The van der Waals surface area contributed by atoms with Gasteiger partial charge in [-0.15, -0.1) is 0 Å². The maximum atomic E-state index is 13.2. The summed E-state index contributed by atoms with van der Waals surface area (Å²) in [5.74, 6) is -0.249. The SMILES string of the molecule is CCc1ccc(NC(=O)OCC2(C(=O)NCc3ccccc3Cl)CCNCC2N)cc1. The molecule has 2 atom stereocenters. The molecule has 0 aromatic heterocycles. The van der Waals surface area contributed by atoms with Gasteiger partial charge in [0.2, 0.25) is 5.91 Å². The van der Waals surface area contributed by atoms with Crippen molar-refractivity contribution in [1.82, 2.24) is 10.6 Å². The van der Waals surface area contributed by atoms with Gasteiger partial charge in [-0.1, -0.05) is 48.9 Å². The molecule has 5 N–H and O–H groups in total. The van der Waals surface area contributed by atoms with Crippen LogP contribution in [0.25, 0.3) is 0 Å². The van der Waals surface area contributed by atoms with Gasteiger partial charge in [0.25, 0.3) is 0 Å². The highest BCUT2D eigenvalue weighted by molar-refractivity contribution is 6.31. The highest BCUT2D eigenvalue weighted by Crippen LogP contribution is 2.29. The molecule has 166 valence electrons. The second kappa shape index (κ2) is 10.6. The van der Waals surface area contributed by atoms with Crippen molar-refractivity contribution in [2.75, 3.05) is 25.0 Å². The summed E-state index contributed by atoms with van der Waals surface area (Å²) < 4.78 is 5.47. The molecule has 2 aromatic carbocycles. The maximum absolute atomic E-state index is 13.2. The Labute approximate surface area is 187 Å². The van der Waals surface area contributed by atoms with E-state index in [0.29, 0.717) is 30.2 Å². The Morgan fingerprint density at radius 3 is 2.65 bits per heavy atom. The van der Waals surface area contributed by atoms with Gasteiger partial charge in [-0.2, -0.15) is 0 Å². The summed E-state index contributed by atoms with van der Waals surface area (Å²) >= 11 is 6.19. The summed E-state index contributed by atoms with van der Waals surface area (Å²) in [6.45, 7) is 3.30. The van der Waals surface area contributed by atoms with Crippen LogP contribution in [-0.2, 0) is 22.5 Å². The van der Waals surface area contributed by atoms with Crippen LogP contribution in [0.15, 0.2) is 48.5 Å². The van der Waals surface area contributed by atoms with Crippen LogP contribution < -0.4 is 21.7 Å². The van der Waals surface area contributed by atoms with Crippen LogP contribution in [0.5, 0.6) is 0 Å². The van der Waals surface area contributed by atoms with E-state index in [1.165, 1.54) is 5.56 Å². The van der Waals surface area contributed by atoms with Gasteiger partial charge in [-0.25, -0.2) is 4.79 Å². The fraction of sp³-hybridized carbons (Fsp3) is 0.391. The molecular weight excluding hydrogens is 416 g/mol. The number of nitrogens with two attached hydrogens (primary N) is 1. The van der Waals surface area contributed by atoms with Crippen molar-refractivity contribution < 1.29 is 14.3 Å². The summed E-state index contributed by atoms with van der Waals surface area (Å²) in [4.78, 5) is 25.5. The Morgan fingerprint density at radius 2 is 1.97 bits per heavy atom. The van der Waals surface area contributed by atoms with Crippen LogP contribution in [-0.4, -0.2) is 37.7 Å². The number of nitrogens with one attached hydrogen (secondary N) is 3. The van der Waals surface area contributed by atoms with Gasteiger partial charge >= 0.3 is 6.09 Å². The highest BCUT2D eigenvalue weighted by Gasteiger charge is 2.46. The van der Waals surface area contributed by atoms with Crippen molar-refractivity contribution in [2.24, 2.45) is 11.1 Å². The number of ether oxygens (including phenoxy) is 1. The quantitative estimate of drug-likeness (QED) is 0.525. The number of rotatable bonds is 7. The van der Waals surface area contributed by atoms with Gasteiger partial charge in [0, 0.05) is 29.8 Å². The van der Waals surface area contributed by atoms with Crippen molar-refractivity contribution in [2.45, 2.75) is 32.4 Å². The number of hydrogen-bond acceptors (Lipinski definition) is 5. The summed E-state index contributed by atoms with van der Waals surface area (Å²) in [6, 6.07) is 14.4.